The van der Waals surface area contributed by atoms with E-state index in [1.165, 1.54) is 71.1 Å². The van der Waals surface area contributed by atoms with Crippen LogP contribution in [0.1, 0.15) is 90.9 Å². The molecule has 0 fully saturated rings. The van der Waals surface area contributed by atoms with Crippen molar-refractivity contribution in [2.24, 2.45) is 5.73 Å². The molecule has 0 bridgehead atoms. The number of aliphatic hydroxyl groups is 1. The molecule has 0 radical (unpaired) electrons. The summed E-state index contributed by atoms with van der Waals surface area (Å²) in [4.78, 5) is 20.6. The van der Waals surface area contributed by atoms with E-state index in [2.05, 4.69) is 6.92 Å². The molecule has 5 nitrogen and oxygen atoms in total. The molecule has 0 aliphatic rings. The zero-order valence-corrected chi connectivity index (χ0v) is 17.9. The number of carbonyl (C=O) groups excluding carboxylic acids is 1. The topological polar surface area (TPSA) is 101 Å². The van der Waals surface area contributed by atoms with Crippen molar-refractivity contribution in [2.75, 3.05) is 0 Å². The van der Waals surface area contributed by atoms with Gasteiger partial charge in [-0.05, 0) is 6.92 Å². The minimum atomic E-state index is -1.18. The van der Waals surface area contributed by atoms with E-state index in [-0.39, 0.29) is 0 Å². The maximum atomic E-state index is 10.8. The molecule has 0 saturated carbocycles. The third-order valence-electron chi connectivity index (χ3n) is 3.94. The van der Waals surface area contributed by atoms with E-state index in [0.29, 0.717) is 3.03 Å². The molecule has 138 valence electrons. The second kappa shape index (κ2) is 19.4. The summed E-state index contributed by atoms with van der Waals surface area (Å²) in [6.07, 6.45) is 14.9. The van der Waals surface area contributed by atoms with Gasteiger partial charge in [0, 0.05) is 0 Å². The van der Waals surface area contributed by atoms with E-state index >= 15 is 0 Å². The van der Waals surface area contributed by atoms with Crippen LogP contribution < -0.4 is 5.73 Å². The number of rotatable bonds is 14. The number of hydrogen-bond acceptors (Lipinski definition) is 4. The van der Waals surface area contributed by atoms with E-state index in [0.717, 1.165) is 40.8 Å². The zero-order chi connectivity index (χ0) is 18.8. The molecule has 4 N–H and O–H groups in total. The van der Waals surface area contributed by atoms with Gasteiger partial charge in [-0.25, -0.2) is 0 Å². The minimum absolute atomic E-state index is 0.482. The van der Waals surface area contributed by atoms with Gasteiger partial charge < -0.3 is 15.9 Å². The molecular weight excluding hydrogens is 317 g/mol. The summed E-state index contributed by atoms with van der Waals surface area (Å²) in [6.45, 7) is 3.60. The number of aliphatic hydroxyl groups excluding tert-OH is 1. The van der Waals surface area contributed by atoms with Crippen molar-refractivity contribution < 1.29 is 19.8 Å². The second-order valence-electron chi connectivity index (χ2n) is 6.59. The number of carboxylic acids is 1. The quantitative estimate of drug-likeness (QED) is 0.329. The van der Waals surface area contributed by atoms with Crippen LogP contribution in [0.2, 0.25) is 0 Å². The first-order valence-electron chi connectivity index (χ1n) is 9.48. The summed E-state index contributed by atoms with van der Waals surface area (Å²) in [5.74, 6) is -1.18. The monoisotopic (exact) mass is 353 g/mol. The first-order chi connectivity index (χ1) is 11.3. The van der Waals surface area contributed by atoms with Gasteiger partial charge in [-0.3, -0.25) is 4.79 Å². The Bertz CT molecular complexity index is 311. The Morgan fingerprint density at radius 3 is 1.54 bits per heavy atom. The number of carbonyl (C=O) groups is 2. The van der Waals surface area contributed by atoms with Gasteiger partial charge in [0.1, 0.15) is 6.04 Å². The molecular formula is C18H36NNaO4. The van der Waals surface area contributed by atoms with E-state index in [1.807, 2.05) is 0 Å². The van der Waals surface area contributed by atoms with E-state index in [9.17, 15) is 9.59 Å². The van der Waals surface area contributed by atoms with Gasteiger partial charge >= 0.3 is 112 Å². The van der Waals surface area contributed by atoms with Gasteiger partial charge in [0.15, 0.2) is 0 Å². The molecule has 0 aliphatic carbocycles. The maximum absolute atomic E-state index is 10.8. The molecule has 2 atom stereocenters. The molecule has 0 aromatic rings. The van der Waals surface area contributed by atoms with Crippen LogP contribution in [0.15, 0.2) is 0 Å². The Hall–Kier alpha value is 0.0600. The summed E-state index contributed by atoms with van der Waals surface area (Å²) in [5.41, 5.74) is 4.91. The second-order valence-corrected chi connectivity index (χ2v) is 7.71. The third-order valence-corrected chi connectivity index (χ3v) is 4.44. The molecule has 0 aromatic heterocycles. The molecule has 0 aromatic carbocycles. The van der Waals surface area contributed by atoms with E-state index in [1.54, 1.807) is 0 Å². The van der Waals surface area contributed by atoms with Crippen LogP contribution in [0.25, 0.3) is 0 Å². The van der Waals surface area contributed by atoms with Gasteiger partial charge in [0.2, 0.25) is 0 Å². The average Bonchev–Trinajstić information content (AvgIpc) is 2.52. The molecule has 0 heterocycles. The zero-order valence-electron chi connectivity index (χ0n) is 15.9. The van der Waals surface area contributed by atoms with Crippen LogP contribution in [-0.4, -0.2) is 59.3 Å². The number of unbranched alkanes of at least 4 members (excludes halogenated alkanes) is 10. The summed E-state index contributed by atoms with van der Waals surface area (Å²) < 4.78 is 0.482. The van der Waals surface area contributed by atoms with Crippen LogP contribution >= 0.6 is 0 Å². The van der Waals surface area contributed by atoms with Crippen molar-refractivity contribution in [1.82, 2.24) is 0 Å². The van der Waals surface area contributed by atoms with Crippen molar-refractivity contribution in [1.29, 1.82) is 0 Å². The first kappa shape index (κ1) is 26.3. The summed E-state index contributed by atoms with van der Waals surface area (Å²) in [6, 6.07) is -1.16. The van der Waals surface area contributed by atoms with Crippen LogP contribution in [0.3, 0.4) is 0 Å². The Labute approximate surface area is 165 Å². The molecule has 6 heteroatoms. The van der Waals surface area contributed by atoms with Crippen molar-refractivity contribution in [2.45, 2.75) is 103 Å². The Kier molecular flexibility index (Phi) is 21.2. The fraction of sp³-hybridized carbons (Fsp3) is 0.889. The van der Waals surface area contributed by atoms with E-state index in [4.69, 9.17) is 15.9 Å². The predicted molar refractivity (Wildman–Crippen MR) is 99.1 cm³/mol. The fourth-order valence-corrected chi connectivity index (χ4v) is 2.60. The molecule has 0 aliphatic heterocycles. The number of nitrogens with two attached hydrogens (primary N) is 1. The summed E-state index contributed by atoms with van der Waals surface area (Å²) in [7, 11) is 0. The average molecular weight is 353 g/mol. The number of hydrogen-bond donors (Lipinski definition) is 3. The summed E-state index contributed by atoms with van der Waals surface area (Å²) in [5, 5.41) is 16.6. The van der Waals surface area contributed by atoms with Crippen molar-refractivity contribution in [3.05, 3.63) is 0 Å². The normalized spacial score (nSPS) is 12.9. The Balaban J connectivity index is 0. The summed E-state index contributed by atoms with van der Waals surface area (Å²) >= 11 is 0.751. The van der Waals surface area contributed by atoms with Gasteiger partial charge in [0.25, 0.3) is 0 Å². The van der Waals surface area contributed by atoms with Crippen LogP contribution in [0.5, 0.6) is 0 Å². The first-order valence-corrected chi connectivity index (χ1v) is 10.5. The third kappa shape index (κ3) is 22.1. The van der Waals surface area contributed by atoms with Gasteiger partial charge in [-0.15, -0.1) is 0 Å². The van der Waals surface area contributed by atoms with Crippen molar-refractivity contribution in [3.8, 4) is 0 Å². The Morgan fingerprint density at radius 2 is 1.29 bits per heavy atom. The molecule has 0 rings (SSSR count). The van der Waals surface area contributed by atoms with Crippen LogP contribution in [-0.2, 0) is 9.59 Å². The fourth-order valence-electron chi connectivity index (χ4n) is 2.24. The number of carboxylic acid groups (broad SMARTS) is 1. The standard InChI is InChI=1S/C14H27O.C4H9NO3.Na/c1-2-3-4-5-6-7-8-9-10-11-12-13-14-15;1-2(6)3(5)4(7)8;/h2-13H2,1H3;2-3,6H,5H2,1H3,(H,7,8);. The number of aliphatic carboxylic acids is 1. The molecule has 0 amide bonds. The van der Waals surface area contributed by atoms with E-state index < -0.39 is 18.1 Å². The molecule has 24 heavy (non-hydrogen) atoms. The van der Waals surface area contributed by atoms with Gasteiger partial charge in [-0.1, -0.05) is 13.3 Å². The predicted octanol–water partition coefficient (Wildman–Crippen LogP) is 3.16. The van der Waals surface area contributed by atoms with Crippen molar-refractivity contribution in [3.63, 3.8) is 0 Å². The molecule has 2 unspecified atom stereocenters. The SMILES string of the molecule is CC(O)C(N)C(=O)O.CCCCCCCCCCCCC[C](=O)[Na]. The van der Waals surface area contributed by atoms with Crippen molar-refractivity contribution >= 4 is 36.9 Å². The van der Waals surface area contributed by atoms with Gasteiger partial charge in [-0.2, -0.15) is 0 Å². The van der Waals surface area contributed by atoms with Crippen LogP contribution in [0.4, 0.5) is 0 Å². The van der Waals surface area contributed by atoms with Gasteiger partial charge in [0.05, 0.1) is 6.10 Å². The molecule has 0 spiro atoms. The molecule has 0 saturated heterocycles. The van der Waals surface area contributed by atoms with Crippen LogP contribution in [0, 0.1) is 0 Å². The Morgan fingerprint density at radius 1 is 0.917 bits per heavy atom.